The molecule has 30 heavy (non-hydrogen) atoms. The fraction of sp³-hybridized carbons (Fsp3) is 0.381. The van der Waals surface area contributed by atoms with Crippen molar-refractivity contribution in [1.29, 1.82) is 0 Å². The molecule has 0 aliphatic carbocycles. The van der Waals surface area contributed by atoms with Crippen LogP contribution in [0.15, 0.2) is 45.7 Å². The number of likely N-dealkylation sites (N-methyl/N-ethyl adjacent to an activating group) is 1. The van der Waals surface area contributed by atoms with Crippen LogP contribution in [0.3, 0.4) is 0 Å². The highest BCUT2D eigenvalue weighted by Crippen LogP contribution is 2.32. The van der Waals surface area contributed by atoms with Crippen LogP contribution in [-0.2, 0) is 14.8 Å². The molecule has 0 amide bonds. The van der Waals surface area contributed by atoms with Crippen molar-refractivity contribution in [3.63, 3.8) is 0 Å². The molecule has 0 fully saturated rings. The average molecular weight is 434 g/mol. The lowest BCUT2D eigenvalue weighted by atomic mass is 10.1. The van der Waals surface area contributed by atoms with Crippen LogP contribution in [0.4, 0.5) is 5.69 Å². The van der Waals surface area contributed by atoms with Crippen LogP contribution in [0, 0.1) is 5.92 Å². The fourth-order valence-electron chi connectivity index (χ4n) is 3.29. The molecule has 2 aromatic carbocycles. The summed E-state index contributed by atoms with van der Waals surface area (Å²) in [7, 11) is -2.12. The molecular weight excluding hydrogens is 406 g/mol. The Morgan fingerprint density at radius 1 is 1.07 bits per heavy atom. The number of anilines is 1. The highest BCUT2D eigenvalue weighted by Gasteiger charge is 2.26. The summed E-state index contributed by atoms with van der Waals surface area (Å²) in [6, 6.07) is 9.02. The van der Waals surface area contributed by atoms with Crippen molar-refractivity contribution in [2.75, 3.05) is 25.5 Å². The van der Waals surface area contributed by atoms with Crippen molar-refractivity contribution in [2.24, 2.45) is 5.92 Å². The van der Waals surface area contributed by atoms with Gasteiger partial charge in [-0.25, -0.2) is 8.42 Å². The van der Waals surface area contributed by atoms with Gasteiger partial charge in [0.25, 0.3) is 0 Å². The largest absolute Gasteiger partial charge is 0.480 e. The van der Waals surface area contributed by atoms with E-state index in [1.54, 1.807) is 6.07 Å². The van der Waals surface area contributed by atoms with Gasteiger partial charge < -0.3 is 20.2 Å². The minimum atomic E-state index is -4.00. The second kappa shape index (κ2) is 9.03. The molecule has 8 nitrogen and oxygen atoms in total. The van der Waals surface area contributed by atoms with Gasteiger partial charge in [-0.15, -0.1) is 0 Å². The summed E-state index contributed by atoms with van der Waals surface area (Å²) < 4.78 is 33.8. The molecule has 0 bridgehead atoms. The van der Waals surface area contributed by atoms with Gasteiger partial charge in [0.05, 0.1) is 4.90 Å². The number of carboxylic acids is 1. The molecule has 4 N–H and O–H groups in total. The zero-order valence-electron chi connectivity index (χ0n) is 17.2. The number of nitrogens with one attached hydrogen (secondary N) is 3. The van der Waals surface area contributed by atoms with E-state index in [1.807, 2.05) is 39.1 Å². The van der Waals surface area contributed by atoms with Gasteiger partial charge >= 0.3 is 5.97 Å². The summed E-state index contributed by atoms with van der Waals surface area (Å²) >= 11 is 0. The Morgan fingerprint density at radius 2 is 1.83 bits per heavy atom. The Kier molecular flexibility index (Phi) is 6.64. The van der Waals surface area contributed by atoms with Crippen LogP contribution in [0.2, 0.25) is 0 Å². The molecule has 0 saturated carbocycles. The van der Waals surface area contributed by atoms with E-state index in [0.29, 0.717) is 16.6 Å². The zero-order chi connectivity index (χ0) is 21.9. The van der Waals surface area contributed by atoms with Crippen LogP contribution in [-0.4, -0.2) is 45.7 Å². The monoisotopic (exact) mass is 433 g/mol. The number of carboxylic acid groups (broad SMARTS) is 1. The third-order valence-electron chi connectivity index (χ3n) is 4.76. The van der Waals surface area contributed by atoms with Gasteiger partial charge in [-0.1, -0.05) is 13.8 Å². The number of aliphatic carboxylic acids is 1. The Labute approximate surface area is 175 Å². The van der Waals surface area contributed by atoms with E-state index in [-0.39, 0.29) is 17.2 Å². The molecule has 0 unspecified atom stereocenters. The molecule has 3 rings (SSSR count). The van der Waals surface area contributed by atoms with Crippen molar-refractivity contribution >= 4 is 43.6 Å². The summed E-state index contributed by atoms with van der Waals surface area (Å²) in [6.45, 7) is 5.27. The first-order valence-corrected chi connectivity index (χ1v) is 11.3. The number of hydrogen-bond donors (Lipinski definition) is 4. The lowest BCUT2D eigenvalue weighted by molar-refractivity contribution is -0.139. The summed E-state index contributed by atoms with van der Waals surface area (Å²) in [6.07, 6.45) is 0.203. The number of hydrogen-bond acceptors (Lipinski definition) is 6. The van der Waals surface area contributed by atoms with E-state index in [4.69, 9.17) is 4.42 Å². The quantitative estimate of drug-likeness (QED) is 0.363. The summed E-state index contributed by atoms with van der Waals surface area (Å²) in [5, 5.41) is 17.2. The predicted molar refractivity (Wildman–Crippen MR) is 117 cm³/mol. The minimum absolute atomic E-state index is 0.00364. The molecule has 9 heteroatoms. The predicted octanol–water partition coefficient (Wildman–Crippen LogP) is 2.99. The SMILES string of the molecule is CNCCNc1ccc2c(c1)oc1ccc(S(=O)(=O)N[C@@H](CC(C)C)C(=O)O)cc12. The van der Waals surface area contributed by atoms with Gasteiger partial charge in [0.1, 0.15) is 17.2 Å². The normalized spacial score (nSPS) is 13.2. The first kappa shape index (κ1) is 22.1. The van der Waals surface area contributed by atoms with E-state index in [2.05, 4.69) is 15.4 Å². The van der Waals surface area contributed by atoms with Gasteiger partial charge in [-0.3, -0.25) is 4.79 Å². The van der Waals surface area contributed by atoms with Crippen molar-refractivity contribution in [1.82, 2.24) is 10.0 Å². The Morgan fingerprint density at radius 3 is 2.50 bits per heavy atom. The summed E-state index contributed by atoms with van der Waals surface area (Å²) in [5.41, 5.74) is 2.11. The first-order valence-electron chi connectivity index (χ1n) is 9.81. The molecule has 1 heterocycles. The lowest BCUT2D eigenvalue weighted by Crippen LogP contribution is -2.41. The van der Waals surface area contributed by atoms with E-state index >= 15 is 0 Å². The third kappa shape index (κ3) is 4.92. The maximum absolute atomic E-state index is 12.8. The fourth-order valence-corrected chi connectivity index (χ4v) is 4.52. The van der Waals surface area contributed by atoms with E-state index in [0.717, 1.165) is 24.2 Å². The van der Waals surface area contributed by atoms with Crippen LogP contribution in [0.25, 0.3) is 21.9 Å². The van der Waals surface area contributed by atoms with E-state index < -0.39 is 22.0 Å². The standard InChI is InChI=1S/C21H27N3O5S/c1-13(2)10-18(21(25)26)24-30(27,28)15-5-7-19-17(12-15)16-6-4-14(11-20(16)29-19)23-9-8-22-3/h4-7,11-13,18,22-24H,8-10H2,1-3H3,(H,25,26)/t18-/m0/s1. The van der Waals surface area contributed by atoms with Gasteiger partial charge in [-0.05, 0) is 49.7 Å². The molecule has 162 valence electrons. The molecule has 0 aliphatic rings. The van der Waals surface area contributed by atoms with Crippen molar-refractivity contribution in [2.45, 2.75) is 31.2 Å². The molecule has 0 spiro atoms. The maximum Gasteiger partial charge on any atom is 0.321 e. The lowest BCUT2D eigenvalue weighted by Gasteiger charge is -2.16. The first-order chi connectivity index (χ1) is 14.2. The minimum Gasteiger partial charge on any atom is -0.480 e. The summed E-state index contributed by atoms with van der Waals surface area (Å²) in [5.74, 6) is -1.16. The van der Waals surface area contributed by atoms with Gasteiger partial charge in [-0.2, -0.15) is 4.72 Å². The maximum atomic E-state index is 12.8. The Bertz CT molecular complexity index is 1150. The number of sulfonamides is 1. The van der Waals surface area contributed by atoms with Crippen LogP contribution in [0.5, 0.6) is 0 Å². The smallest absolute Gasteiger partial charge is 0.321 e. The van der Waals surface area contributed by atoms with Crippen molar-refractivity contribution in [3.8, 4) is 0 Å². The number of fused-ring (bicyclic) bond motifs is 3. The molecule has 3 aromatic rings. The third-order valence-corrected chi connectivity index (χ3v) is 6.23. The van der Waals surface area contributed by atoms with Gasteiger partial charge in [0.2, 0.25) is 10.0 Å². The topological polar surface area (TPSA) is 121 Å². The molecule has 0 radical (unpaired) electrons. The zero-order valence-corrected chi connectivity index (χ0v) is 18.0. The number of benzene rings is 2. The molecule has 1 atom stereocenters. The number of carbonyl (C=O) groups is 1. The van der Waals surface area contributed by atoms with Gasteiger partial charge in [0.15, 0.2) is 0 Å². The summed E-state index contributed by atoms with van der Waals surface area (Å²) in [4.78, 5) is 11.5. The second-order valence-electron chi connectivity index (χ2n) is 7.64. The van der Waals surface area contributed by atoms with Crippen LogP contribution >= 0.6 is 0 Å². The van der Waals surface area contributed by atoms with Crippen molar-refractivity contribution in [3.05, 3.63) is 36.4 Å². The average Bonchev–Trinajstić information content (AvgIpc) is 3.04. The van der Waals surface area contributed by atoms with Crippen molar-refractivity contribution < 1.29 is 22.7 Å². The highest BCUT2D eigenvalue weighted by molar-refractivity contribution is 7.89. The van der Waals surface area contributed by atoms with E-state index in [9.17, 15) is 18.3 Å². The second-order valence-corrected chi connectivity index (χ2v) is 9.36. The van der Waals surface area contributed by atoms with Crippen LogP contribution in [0.1, 0.15) is 20.3 Å². The molecular formula is C21H27N3O5S. The number of furan rings is 1. The molecule has 1 aromatic heterocycles. The van der Waals surface area contributed by atoms with Gasteiger partial charge in [0, 0.05) is 35.6 Å². The highest BCUT2D eigenvalue weighted by atomic mass is 32.2. The Hall–Kier alpha value is -2.62. The Balaban J connectivity index is 1.93. The van der Waals surface area contributed by atoms with E-state index in [1.165, 1.54) is 12.1 Å². The molecule has 0 aliphatic heterocycles. The molecule has 0 saturated heterocycles. The van der Waals surface area contributed by atoms with Crippen LogP contribution < -0.4 is 15.4 Å². The number of rotatable bonds is 10.